The molecular weight excluding hydrogens is 446 g/mol. The van der Waals surface area contributed by atoms with Gasteiger partial charge < -0.3 is 11.5 Å². The van der Waals surface area contributed by atoms with Crippen LogP contribution >= 0.6 is 11.3 Å². The SMILES string of the molecule is CCCC(CCC)c1nc(-c2ccc3c(c2)C(C)(C)CCC3(C)C)cs1.CCCCCC(N)CN. The van der Waals surface area contributed by atoms with Crippen LogP contribution in [0.5, 0.6) is 0 Å². The van der Waals surface area contributed by atoms with Crippen LogP contribution in [0.2, 0.25) is 0 Å². The molecule has 0 fully saturated rings. The molecule has 0 saturated carbocycles. The molecule has 3 rings (SSSR count). The molecule has 4 heteroatoms. The standard InChI is InChI=1S/C24H35NS.C7H18N2/c1-7-9-17(10-8-2)22-25-21(16-26-22)18-11-12-19-20(15-18)24(5,6)14-13-23(19,3)4;1-2-3-4-5-7(9)6-8/h11-12,15-17H,7-10,13-14H2,1-6H3;7H,2-6,8-9H2,1H3. The Bertz CT molecular complexity index is 877. The van der Waals surface area contributed by atoms with Crippen molar-refractivity contribution in [3.05, 3.63) is 39.7 Å². The molecular formula is C31H53N3S. The summed E-state index contributed by atoms with van der Waals surface area (Å²) in [6.07, 6.45) is 12.4. The van der Waals surface area contributed by atoms with Crippen LogP contribution in [0.1, 0.15) is 135 Å². The van der Waals surface area contributed by atoms with Crippen molar-refractivity contribution in [3.8, 4) is 11.3 Å². The van der Waals surface area contributed by atoms with Gasteiger partial charge >= 0.3 is 0 Å². The lowest BCUT2D eigenvalue weighted by Gasteiger charge is -2.42. The number of aromatic nitrogens is 1. The molecule has 0 amide bonds. The van der Waals surface area contributed by atoms with E-state index in [1.807, 2.05) is 11.3 Å². The summed E-state index contributed by atoms with van der Waals surface area (Å²) in [4.78, 5) is 5.07. The molecule has 1 aliphatic carbocycles. The molecule has 0 radical (unpaired) electrons. The number of thiazole rings is 1. The summed E-state index contributed by atoms with van der Waals surface area (Å²) < 4.78 is 0. The Morgan fingerprint density at radius 2 is 1.51 bits per heavy atom. The first-order chi connectivity index (χ1) is 16.6. The fourth-order valence-electron chi connectivity index (χ4n) is 5.22. The van der Waals surface area contributed by atoms with Crippen LogP contribution in [-0.2, 0) is 10.8 Å². The average molecular weight is 500 g/mol. The Labute approximate surface area is 220 Å². The number of rotatable bonds is 11. The third-order valence-electron chi connectivity index (χ3n) is 7.78. The number of hydrogen-bond donors (Lipinski definition) is 2. The predicted molar refractivity (Wildman–Crippen MR) is 157 cm³/mol. The average Bonchev–Trinajstić information content (AvgIpc) is 3.32. The number of fused-ring (bicyclic) bond motifs is 1. The minimum absolute atomic E-state index is 0.233. The number of nitrogens with two attached hydrogens (primary N) is 2. The lowest BCUT2D eigenvalue weighted by molar-refractivity contribution is 0.332. The predicted octanol–water partition coefficient (Wildman–Crippen LogP) is 8.70. The fraction of sp³-hybridized carbons (Fsp3) is 0.710. The van der Waals surface area contributed by atoms with Crippen LogP contribution in [0.15, 0.2) is 23.6 Å². The molecule has 0 saturated heterocycles. The first kappa shape index (κ1) is 30.0. The topological polar surface area (TPSA) is 64.9 Å². The maximum absolute atomic E-state index is 5.59. The van der Waals surface area contributed by atoms with Gasteiger partial charge in [0, 0.05) is 29.4 Å². The van der Waals surface area contributed by atoms with Crippen LogP contribution in [-0.4, -0.2) is 17.6 Å². The van der Waals surface area contributed by atoms with Gasteiger partial charge in [-0.2, -0.15) is 0 Å². The summed E-state index contributed by atoms with van der Waals surface area (Å²) in [5, 5.41) is 3.61. The summed E-state index contributed by atoms with van der Waals surface area (Å²) in [6.45, 7) is 17.0. The van der Waals surface area contributed by atoms with Crippen molar-refractivity contribution in [3.63, 3.8) is 0 Å². The van der Waals surface area contributed by atoms with Gasteiger partial charge in [0.05, 0.1) is 10.7 Å². The van der Waals surface area contributed by atoms with Crippen molar-refractivity contribution in [2.45, 2.75) is 135 Å². The second-order valence-electron chi connectivity index (χ2n) is 11.9. The molecule has 3 nitrogen and oxygen atoms in total. The Morgan fingerprint density at radius 3 is 2.09 bits per heavy atom. The normalized spacial score (nSPS) is 17.0. The number of hydrogen-bond acceptors (Lipinski definition) is 4. The maximum atomic E-state index is 5.59. The summed E-state index contributed by atoms with van der Waals surface area (Å²) >= 11 is 1.86. The van der Waals surface area contributed by atoms with Gasteiger partial charge in [0.2, 0.25) is 0 Å². The minimum Gasteiger partial charge on any atom is -0.329 e. The van der Waals surface area contributed by atoms with Gasteiger partial charge in [-0.25, -0.2) is 4.98 Å². The largest absolute Gasteiger partial charge is 0.329 e. The summed E-state index contributed by atoms with van der Waals surface area (Å²) in [6, 6.07) is 7.34. The van der Waals surface area contributed by atoms with E-state index in [1.54, 1.807) is 0 Å². The van der Waals surface area contributed by atoms with Gasteiger partial charge in [0.25, 0.3) is 0 Å². The number of unbranched alkanes of at least 4 members (excludes halogenated alkanes) is 2. The molecule has 35 heavy (non-hydrogen) atoms. The lowest BCUT2D eigenvalue weighted by Crippen LogP contribution is -2.33. The molecule has 1 aliphatic rings. The number of nitrogens with zero attached hydrogens (tertiary/aromatic N) is 1. The van der Waals surface area contributed by atoms with Gasteiger partial charge in [-0.1, -0.05) is 92.7 Å². The van der Waals surface area contributed by atoms with E-state index in [0.29, 0.717) is 12.5 Å². The van der Waals surface area contributed by atoms with Crippen molar-refractivity contribution in [2.75, 3.05) is 6.54 Å². The minimum atomic E-state index is 0.233. The molecule has 2 aromatic rings. The molecule has 1 aromatic heterocycles. The van der Waals surface area contributed by atoms with E-state index in [1.165, 1.54) is 85.2 Å². The summed E-state index contributed by atoms with van der Waals surface area (Å²) in [5.41, 5.74) is 17.0. The van der Waals surface area contributed by atoms with E-state index in [9.17, 15) is 0 Å². The smallest absolute Gasteiger partial charge is 0.0963 e. The van der Waals surface area contributed by atoms with E-state index in [2.05, 4.69) is 72.0 Å². The van der Waals surface area contributed by atoms with Crippen molar-refractivity contribution < 1.29 is 0 Å². The van der Waals surface area contributed by atoms with Crippen LogP contribution in [0.4, 0.5) is 0 Å². The molecule has 0 spiro atoms. The fourth-order valence-corrected chi connectivity index (χ4v) is 6.22. The van der Waals surface area contributed by atoms with Crippen LogP contribution in [0.25, 0.3) is 11.3 Å². The highest BCUT2D eigenvalue weighted by molar-refractivity contribution is 7.10. The van der Waals surface area contributed by atoms with E-state index < -0.39 is 0 Å². The molecule has 0 bridgehead atoms. The Hall–Kier alpha value is -1.23. The molecule has 1 aromatic carbocycles. The van der Waals surface area contributed by atoms with Crippen molar-refractivity contribution in [2.24, 2.45) is 11.5 Å². The highest BCUT2D eigenvalue weighted by Crippen LogP contribution is 2.47. The summed E-state index contributed by atoms with van der Waals surface area (Å²) in [7, 11) is 0. The second kappa shape index (κ2) is 13.9. The van der Waals surface area contributed by atoms with Crippen molar-refractivity contribution in [1.29, 1.82) is 0 Å². The van der Waals surface area contributed by atoms with Gasteiger partial charge in [-0.3, -0.25) is 0 Å². The molecule has 0 aliphatic heterocycles. The van der Waals surface area contributed by atoms with Crippen molar-refractivity contribution in [1.82, 2.24) is 4.98 Å². The Morgan fingerprint density at radius 1 is 0.886 bits per heavy atom. The number of benzene rings is 1. The first-order valence-electron chi connectivity index (χ1n) is 14.2. The summed E-state index contributed by atoms with van der Waals surface area (Å²) in [5.74, 6) is 0.636. The van der Waals surface area contributed by atoms with Crippen LogP contribution < -0.4 is 11.5 Å². The van der Waals surface area contributed by atoms with Crippen LogP contribution in [0, 0.1) is 0 Å². The Balaban J connectivity index is 0.000000410. The lowest BCUT2D eigenvalue weighted by atomic mass is 9.63. The van der Waals surface area contributed by atoms with Gasteiger partial charge in [0.15, 0.2) is 0 Å². The molecule has 1 unspecified atom stereocenters. The zero-order valence-corrected chi connectivity index (χ0v) is 24.6. The zero-order valence-electron chi connectivity index (χ0n) is 23.8. The van der Waals surface area contributed by atoms with E-state index in [0.717, 1.165) is 6.42 Å². The van der Waals surface area contributed by atoms with Crippen LogP contribution in [0.3, 0.4) is 0 Å². The monoisotopic (exact) mass is 499 g/mol. The van der Waals surface area contributed by atoms with E-state index >= 15 is 0 Å². The zero-order chi connectivity index (χ0) is 26.1. The molecule has 4 N–H and O–H groups in total. The quantitative estimate of drug-likeness (QED) is 0.304. The highest BCUT2D eigenvalue weighted by Gasteiger charge is 2.37. The highest BCUT2D eigenvalue weighted by atomic mass is 32.1. The third-order valence-corrected chi connectivity index (χ3v) is 8.78. The maximum Gasteiger partial charge on any atom is 0.0963 e. The first-order valence-corrected chi connectivity index (χ1v) is 15.0. The third kappa shape index (κ3) is 8.40. The van der Waals surface area contributed by atoms with Gasteiger partial charge in [-0.15, -0.1) is 11.3 Å². The van der Waals surface area contributed by atoms with Crippen molar-refractivity contribution >= 4 is 11.3 Å². The molecule has 198 valence electrons. The van der Waals surface area contributed by atoms with Gasteiger partial charge in [-0.05, 0) is 60.1 Å². The van der Waals surface area contributed by atoms with Gasteiger partial charge in [0.1, 0.15) is 0 Å². The molecule has 1 heterocycles. The molecule has 1 atom stereocenters. The Kier molecular flexibility index (Phi) is 11.9. The van der Waals surface area contributed by atoms with E-state index in [4.69, 9.17) is 16.5 Å². The second-order valence-corrected chi connectivity index (χ2v) is 12.8. The van der Waals surface area contributed by atoms with E-state index in [-0.39, 0.29) is 16.9 Å².